The van der Waals surface area contributed by atoms with Crippen molar-refractivity contribution in [2.45, 2.75) is 361 Å². The molecule has 47 nitrogen and oxygen atoms in total. The molecule has 0 aliphatic carbocycles. The van der Waals surface area contributed by atoms with Crippen molar-refractivity contribution in [3.63, 3.8) is 0 Å². The van der Waals surface area contributed by atoms with Gasteiger partial charge in [-0.15, -0.1) is 0 Å². The van der Waals surface area contributed by atoms with Crippen LogP contribution in [0.3, 0.4) is 0 Å². The minimum Gasteiger partial charge on any atom is -0.481 e. The molecule has 47 heteroatoms. The van der Waals surface area contributed by atoms with E-state index in [0.717, 1.165) is 5.56 Å². The lowest BCUT2D eigenvalue weighted by Gasteiger charge is -2.36. The predicted molar refractivity (Wildman–Crippen MR) is 505 cm³/mol. The number of nitrogens with two attached hydrogens (primary N) is 2. The number of nitrogens with one attached hydrogen (secondary N) is 18. The highest BCUT2D eigenvalue weighted by Gasteiger charge is 2.49. The fourth-order valence-electron chi connectivity index (χ4n) is 14.8. The second kappa shape index (κ2) is 51.1. The molecule has 11 atom stereocenters. The van der Waals surface area contributed by atoms with Crippen LogP contribution in [0.4, 0.5) is 0 Å². The van der Waals surface area contributed by atoms with Gasteiger partial charge in [0, 0.05) is 39.3 Å². The summed E-state index contributed by atoms with van der Waals surface area (Å²) >= 11 is 0. The number of hydrogen-bond acceptors (Lipinski definition) is 24. The van der Waals surface area contributed by atoms with Gasteiger partial charge in [-0.25, -0.2) is 0 Å². The normalized spacial score (nSPS) is 16.2. The molecular weight excluding hydrogens is 1810 g/mol. The number of aliphatic hydroxyl groups is 1. The topological polar surface area (TPSA) is 708 Å². The van der Waals surface area contributed by atoms with Crippen LogP contribution in [0, 0.1) is 17.8 Å². The number of aliphatic carboxylic acids is 1. The van der Waals surface area contributed by atoms with E-state index in [1.54, 1.807) is 71.9 Å². The molecule has 2 aliphatic heterocycles. The fourth-order valence-corrected chi connectivity index (χ4v) is 14.8. The highest BCUT2D eigenvalue weighted by Crippen LogP contribution is 2.27. The molecule has 1 aromatic rings. The standard InChI is InChI=1S/C92H150N22O25/c1-47(2)43-58(72(127)108-92(24,25)84(139)113-41-29-33-59(113)73(128)103-65(48(3)4)75(130)111-90(20,21)82(137)112-89(18,19)80(135)102-56(37-40-64(120)121)70(125)101-55(35-38-61(93)117)69(124)98-54(46-115)44-53-31-27-26-28-32-53)99-63(119)45-95-77(132)85(10,11)110-76(131)66(49(5)6)104-81(136)88(16,17)107-71(126)57(36-39-62(94)118)100-67(122)50(7)96-78(133)86(12,13)106-68(123)51(8)97-79(134)87(14,15)109-74(129)60-34-30-42-114(60)83(138)91(22,23)105-52(9)116/h26-28,31-32,47-51,54-60,65-66,115H,29-30,33-46H2,1-25H3,(H2,93,117)(H2,94,118)(H,95,132)(H,96,133)(H,97,134)(H,98,124)(H,99,119)(H,100,122)(H,101,125)(H,102,135)(H,103,128)(H,104,136)(H,105,116)(H,106,123)(H,107,126)(H,108,127)(H,109,129)(H,110,131)(H,111,130)(H,112,137)(H,120,121)/t50-,51-,54-,55-,56-,57-,58+,59-,60-,65-,66+/m0/s1. The summed E-state index contributed by atoms with van der Waals surface area (Å²) in [4.78, 5) is 315. The Bertz CT molecular complexity index is 4700. The third-order valence-electron chi connectivity index (χ3n) is 23.2. The number of carbonyl (C=O) groups is 23. The van der Waals surface area contributed by atoms with E-state index in [9.17, 15) is 120 Å². The molecule has 3 rings (SSSR count). The average Bonchev–Trinajstić information content (AvgIpc) is 1.63. The zero-order valence-electron chi connectivity index (χ0n) is 84.6. The van der Waals surface area contributed by atoms with Gasteiger partial charge in [-0.05, 0) is 206 Å². The molecular formula is C92H150N22O25. The zero-order chi connectivity index (χ0) is 107. The monoisotopic (exact) mass is 1960 g/mol. The number of hydrogen-bond donors (Lipinski definition) is 22. The molecule has 778 valence electrons. The van der Waals surface area contributed by atoms with Crippen LogP contribution in [0.25, 0.3) is 0 Å². The average molecular weight is 1960 g/mol. The summed E-state index contributed by atoms with van der Waals surface area (Å²) < 4.78 is 0. The molecule has 22 amide bonds. The molecule has 0 aromatic heterocycles. The Hall–Kier alpha value is -13.0. The van der Waals surface area contributed by atoms with Crippen LogP contribution >= 0.6 is 0 Å². The van der Waals surface area contributed by atoms with E-state index in [1.807, 2.05) is 0 Å². The number of carboxylic acid groups (broad SMARTS) is 1. The van der Waals surface area contributed by atoms with Crippen molar-refractivity contribution >= 4 is 136 Å². The van der Waals surface area contributed by atoms with Crippen LogP contribution in [-0.2, 0) is 117 Å². The van der Waals surface area contributed by atoms with Crippen molar-refractivity contribution in [1.82, 2.24) is 106 Å². The molecule has 24 N–H and O–H groups in total. The van der Waals surface area contributed by atoms with Crippen LogP contribution in [0.2, 0.25) is 0 Å². The fraction of sp³-hybridized carbons (Fsp3) is 0.685. The maximum absolute atomic E-state index is 14.6. The lowest BCUT2D eigenvalue weighted by atomic mass is 9.96. The summed E-state index contributed by atoms with van der Waals surface area (Å²) in [6.45, 7) is 33.8. The van der Waals surface area contributed by atoms with E-state index < -0.39 is 304 Å². The summed E-state index contributed by atoms with van der Waals surface area (Å²) in [5.74, 6) is -21.7. The summed E-state index contributed by atoms with van der Waals surface area (Å²) in [6.07, 6.45) is -1.46. The zero-order valence-corrected chi connectivity index (χ0v) is 84.6. The second-order valence-corrected chi connectivity index (χ2v) is 40.8. The number of benzene rings is 1. The number of carbonyl (C=O) groups excluding carboxylic acids is 22. The van der Waals surface area contributed by atoms with Crippen molar-refractivity contribution in [1.29, 1.82) is 0 Å². The number of carboxylic acids is 1. The molecule has 2 aliphatic rings. The van der Waals surface area contributed by atoms with Crippen LogP contribution in [-0.4, -0.2) is 293 Å². The number of primary amides is 2. The van der Waals surface area contributed by atoms with Gasteiger partial charge in [0.05, 0.1) is 19.2 Å². The maximum Gasteiger partial charge on any atom is 0.303 e. The van der Waals surface area contributed by atoms with Gasteiger partial charge in [-0.2, -0.15) is 0 Å². The van der Waals surface area contributed by atoms with Gasteiger partial charge >= 0.3 is 5.97 Å². The largest absolute Gasteiger partial charge is 0.481 e. The van der Waals surface area contributed by atoms with E-state index >= 15 is 0 Å². The number of amides is 22. The molecule has 0 bridgehead atoms. The van der Waals surface area contributed by atoms with Gasteiger partial charge in [0.25, 0.3) is 0 Å². The van der Waals surface area contributed by atoms with Crippen LogP contribution in [0.1, 0.15) is 249 Å². The van der Waals surface area contributed by atoms with Gasteiger partial charge < -0.3 is 127 Å². The molecule has 2 heterocycles. The van der Waals surface area contributed by atoms with Crippen molar-refractivity contribution in [2.24, 2.45) is 29.2 Å². The minimum absolute atomic E-state index is 0.00371. The number of likely N-dealkylation sites (tertiary alicyclic amines) is 2. The number of nitrogens with zero attached hydrogens (tertiary/aromatic N) is 2. The maximum atomic E-state index is 14.6. The summed E-state index contributed by atoms with van der Waals surface area (Å²) in [5, 5.41) is 65.4. The number of aliphatic hydroxyl groups excluding tert-OH is 1. The molecule has 1 aromatic carbocycles. The van der Waals surface area contributed by atoms with Gasteiger partial charge in [-0.1, -0.05) is 71.9 Å². The van der Waals surface area contributed by atoms with Crippen LogP contribution < -0.4 is 107 Å². The van der Waals surface area contributed by atoms with Gasteiger partial charge in [0.15, 0.2) is 0 Å². The third kappa shape index (κ3) is 37.3. The van der Waals surface area contributed by atoms with Crippen molar-refractivity contribution in [3.8, 4) is 0 Å². The van der Waals surface area contributed by atoms with Gasteiger partial charge in [0.1, 0.15) is 105 Å². The van der Waals surface area contributed by atoms with Crippen LogP contribution in [0.15, 0.2) is 30.3 Å². The van der Waals surface area contributed by atoms with E-state index in [4.69, 9.17) is 11.5 Å². The molecule has 2 saturated heterocycles. The third-order valence-corrected chi connectivity index (χ3v) is 23.2. The Labute approximate surface area is 810 Å². The van der Waals surface area contributed by atoms with Crippen LogP contribution in [0.5, 0.6) is 0 Å². The Morgan fingerprint density at radius 3 is 1.22 bits per heavy atom. The first-order chi connectivity index (χ1) is 63.8. The molecule has 0 spiro atoms. The predicted octanol–water partition coefficient (Wildman–Crippen LogP) is -4.35. The smallest absolute Gasteiger partial charge is 0.303 e. The Kier molecular flexibility index (Phi) is 44.1. The summed E-state index contributed by atoms with van der Waals surface area (Å²) in [6, 6.07) is -5.82. The molecule has 0 saturated carbocycles. The molecule has 0 radical (unpaired) electrons. The SMILES string of the molecule is CC(=O)NC(C)(C)C(=O)N1CCC[C@H]1C(=O)NC(C)(C)C(=O)N[C@@H](C)C(=O)NC(C)(C)C(=O)N[C@@H](C)C(=O)N[C@@H](CCC(N)=O)C(=O)NC(C)(C)C(=O)N[C@@H](C(=O)NC(C)(C)C(=O)NCC(=O)N[C@H](CC(C)C)C(=O)NC(C)(C)C(=O)N1CCC[C@H]1C(=O)N[C@H](C(=O)NC(C)(C)C(=O)NC(C)(C)C(=O)N[C@@H](CCC(=O)O)C(=O)N[C@@H](CCC(N)=O)C(=O)N[C@H](CO)Cc1ccccc1)C(C)C)C(C)C. The number of rotatable bonds is 53. The molecule has 2 fully saturated rings. The van der Waals surface area contributed by atoms with Crippen molar-refractivity contribution in [3.05, 3.63) is 35.9 Å². The first-order valence-electron chi connectivity index (χ1n) is 46.4. The molecule has 0 unspecified atom stereocenters. The lowest BCUT2D eigenvalue weighted by Crippen LogP contribution is -2.66. The van der Waals surface area contributed by atoms with Gasteiger partial charge in [0.2, 0.25) is 130 Å². The highest BCUT2D eigenvalue weighted by atomic mass is 16.4. The first kappa shape index (κ1) is 120. The Morgan fingerprint density at radius 2 is 0.755 bits per heavy atom. The van der Waals surface area contributed by atoms with E-state index in [1.165, 1.54) is 141 Å². The second-order valence-electron chi connectivity index (χ2n) is 40.8. The Balaban J connectivity index is 1.65. The van der Waals surface area contributed by atoms with E-state index in [0.29, 0.717) is 12.8 Å². The highest BCUT2D eigenvalue weighted by molar-refractivity contribution is 6.05. The van der Waals surface area contributed by atoms with Crippen molar-refractivity contribution in [2.75, 3.05) is 26.2 Å². The van der Waals surface area contributed by atoms with E-state index in [2.05, 4.69) is 95.7 Å². The first-order valence-corrected chi connectivity index (χ1v) is 46.4. The van der Waals surface area contributed by atoms with Gasteiger partial charge in [-0.3, -0.25) is 110 Å². The lowest BCUT2D eigenvalue weighted by molar-refractivity contribution is -0.146. The van der Waals surface area contributed by atoms with E-state index in [-0.39, 0.29) is 51.1 Å². The van der Waals surface area contributed by atoms with Crippen molar-refractivity contribution < 1.29 is 120 Å². The minimum atomic E-state index is -1.92. The summed E-state index contributed by atoms with van der Waals surface area (Å²) in [5.41, 5.74) is -2.50. The molecule has 139 heavy (non-hydrogen) atoms. The summed E-state index contributed by atoms with van der Waals surface area (Å²) in [7, 11) is 0. The quantitative estimate of drug-likeness (QED) is 0.0293. The Morgan fingerprint density at radius 1 is 0.381 bits per heavy atom.